The van der Waals surface area contributed by atoms with Crippen molar-refractivity contribution in [2.45, 2.75) is 51.1 Å². The minimum Gasteiger partial charge on any atom is -0.328 e. The molecule has 1 saturated carbocycles. The van der Waals surface area contributed by atoms with Crippen LogP contribution in [0.25, 0.3) is 10.9 Å². The number of H-pyrrole nitrogens is 1. The molecule has 0 spiro atoms. The Kier molecular flexibility index (Phi) is 5.58. The third kappa shape index (κ3) is 3.90. The molecule has 2 aromatic heterocycles. The molecule has 164 valence electrons. The molecule has 8 heteroatoms. The Balaban J connectivity index is 1.63. The first-order valence-electron chi connectivity index (χ1n) is 11.7. The van der Waals surface area contributed by atoms with Crippen molar-refractivity contribution < 1.29 is 9.80 Å². The van der Waals surface area contributed by atoms with Gasteiger partial charge in [-0.3, -0.25) is 4.79 Å². The van der Waals surface area contributed by atoms with Crippen LogP contribution in [-0.2, 0) is 6.42 Å². The molecular weight excluding hydrogens is 390 g/mol. The highest BCUT2D eigenvalue weighted by molar-refractivity contribution is 5.79. The number of pyridine rings is 1. The summed E-state index contributed by atoms with van der Waals surface area (Å²) in [6.45, 7) is 6.33. The molecule has 5 rings (SSSR count). The normalized spacial score (nSPS) is 23.4. The van der Waals surface area contributed by atoms with Gasteiger partial charge in [-0.05, 0) is 58.8 Å². The van der Waals surface area contributed by atoms with Gasteiger partial charge in [-0.1, -0.05) is 25.8 Å². The highest BCUT2D eigenvalue weighted by Gasteiger charge is 2.38. The molecule has 1 atom stereocenters. The Morgan fingerprint density at radius 2 is 1.94 bits per heavy atom. The van der Waals surface area contributed by atoms with E-state index in [1.807, 2.05) is 10.7 Å². The number of aryl methyl sites for hydroxylation is 1. The van der Waals surface area contributed by atoms with Gasteiger partial charge in [0.1, 0.15) is 26.2 Å². The van der Waals surface area contributed by atoms with Crippen LogP contribution in [-0.4, -0.2) is 58.4 Å². The van der Waals surface area contributed by atoms with Gasteiger partial charge in [0.2, 0.25) is 5.82 Å². The van der Waals surface area contributed by atoms with Crippen molar-refractivity contribution in [3.05, 3.63) is 51.6 Å². The van der Waals surface area contributed by atoms with Crippen molar-refractivity contribution in [3.8, 4) is 0 Å². The van der Waals surface area contributed by atoms with Gasteiger partial charge in [-0.25, -0.2) is 4.68 Å². The van der Waals surface area contributed by atoms with Gasteiger partial charge in [0, 0.05) is 5.52 Å². The van der Waals surface area contributed by atoms with E-state index < -0.39 is 0 Å². The van der Waals surface area contributed by atoms with Crippen LogP contribution in [0.5, 0.6) is 0 Å². The number of aromatic nitrogens is 5. The van der Waals surface area contributed by atoms with Crippen LogP contribution in [0.2, 0.25) is 0 Å². The van der Waals surface area contributed by atoms with Crippen molar-refractivity contribution in [3.63, 3.8) is 0 Å². The fourth-order valence-electron chi connectivity index (χ4n) is 5.33. The number of aromatic amines is 1. The zero-order valence-corrected chi connectivity index (χ0v) is 18.5. The van der Waals surface area contributed by atoms with Gasteiger partial charge in [-0.15, -0.1) is 5.10 Å². The smallest absolute Gasteiger partial charge is 0.258 e. The average Bonchev–Trinajstić information content (AvgIpc) is 3.47. The highest BCUT2D eigenvalue weighted by Crippen LogP contribution is 2.31. The number of nitrogens with zero attached hydrogens (tertiary/aromatic N) is 4. The second-order valence-corrected chi connectivity index (χ2v) is 9.30. The minimum atomic E-state index is -0.151. The summed E-state index contributed by atoms with van der Waals surface area (Å²) in [7, 11) is 2.24. The Bertz CT molecular complexity index is 1110. The lowest BCUT2D eigenvalue weighted by atomic mass is 10.0. The van der Waals surface area contributed by atoms with Crippen LogP contribution >= 0.6 is 0 Å². The van der Waals surface area contributed by atoms with E-state index in [0.717, 1.165) is 67.7 Å². The van der Waals surface area contributed by atoms with E-state index in [-0.39, 0.29) is 11.6 Å². The summed E-state index contributed by atoms with van der Waals surface area (Å²) in [4.78, 5) is 19.4. The predicted octanol–water partition coefficient (Wildman–Crippen LogP) is -0.305. The summed E-state index contributed by atoms with van der Waals surface area (Å²) in [5.41, 5.74) is 2.91. The van der Waals surface area contributed by atoms with E-state index in [1.165, 1.54) is 28.2 Å². The monoisotopic (exact) mass is 423 g/mol. The number of nitrogens with one attached hydrogen (secondary N) is 3. The van der Waals surface area contributed by atoms with Crippen LogP contribution < -0.4 is 15.4 Å². The van der Waals surface area contributed by atoms with Gasteiger partial charge in [0.15, 0.2) is 6.04 Å². The number of benzene rings is 1. The zero-order valence-electron chi connectivity index (χ0n) is 18.5. The molecule has 31 heavy (non-hydrogen) atoms. The van der Waals surface area contributed by atoms with Crippen molar-refractivity contribution in [1.82, 2.24) is 25.2 Å². The molecule has 2 fully saturated rings. The number of quaternary nitrogens is 2. The lowest BCUT2D eigenvalue weighted by molar-refractivity contribution is -1.02. The molecule has 3 aromatic rings. The zero-order chi connectivity index (χ0) is 21.4. The first kappa shape index (κ1) is 20.3. The molecular formula is C23H33N7O+2. The molecule has 8 nitrogen and oxygen atoms in total. The number of tetrazole rings is 1. The number of piperazine rings is 1. The third-order valence-corrected chi connectivity index (χ3v) is 7.26. The molecule has 0 amide bonds. The standard InChI is InChI=1S/C23H31N7O/c1-3-16-8-9-20-17(14-16)15-19(23(31)24-20)21(29-12-10-28(2)11-13-29)22-25-26-27-30(22)18-6-4-5-7-18/h8-9,14-15,18,21H,3-7,10-13H2,1-2H3,(H,24,31)/p+2/t21-/m1/s1. The van der Waals surface area contributed by atoms with Crippen molar-refractivity contribution in [2.24, 2.45) is 0 Å². The average molecular weight is 424 g/mol. The van der Waals surface area contributed by atoms with Gasteiger partial charge >= 0.3 is 0 Å². The summed E-state index contributed by atoms with van der Waals surface area (Å²) in [5.74, 6) is 0.845. The highest BCUT2D eigenvalue weighted by atomic mass is 16.1. The van der Waals surface area contributed by atoms with Gasteiger partial charge in [0.25, 0.3) is 5.56 Å². The first-order chi connectivity index (χ1) is 15.1. The van der Waals surface area contributed by atoms with E-state index in [4.69, 9.17) is 0 Å². The first-order valence-corrected chi connectivity index (χ1v) is 11.7. The number of fused-ring (bicyclic) bond motifs is 1. The van der Waals surface area contributed by atoms with Crippen LogP contribution in [0.3, 0.4) is 0 Å². The second-order valence-electron chi connectivity index (χ2n) is 9.30. The Morgan fingerprint density at radius 3 is 2.68 bits per heavy atom. The largest absolute Gasteiger partial charge is 0.328 e. The lowest BCUT2D eigenvalue weighted by Crippen LogP contribution is -3.27. The predicted molar refractivity (Wildman–Crippen MR) is 118 cm³/mol. The molecule has 1 saturated heterocycles. The maximum atomic E-state index is 13.3. The van der Waals surface area contributed by atoms with E-state index in [1.54, 1.807) is 0 Å². The second kappa shape index (κ2) is 8.51. The summed E-state index contributed by atoms with van der Waals surface area (Å²) >= 11 is 0. The van der Waals surface area contributed by atoms with Gasteiger partial charge < -0.3 is 14.8 Å². The van der Waals surface area contributed by atoms with Crippen LogP contribution in [0.15, 0.2) is 29.1 Å². The number of hydrogen-bond acceptors (Lipinski definition) is 4. The maximum Gasteiger partial charge on any atom is 0.258 e. The van der Waals surface area contributed by atoms with E-state index in [9.17, 15) is 4.79 Å². The lowest BCUT2D eigenvalue weighted by Gasteiger charge is -2.33. The van der Waals surface area contributed by atoms with Crippen molar-refractivity contribution in [2.75, 3.05) is 33.2 Å². The molecule has 1 aliphatic carbocycles. The SMILES string of the molecule is CCc1ccc2[nH]c(=O)c([C@H](c3nnnn3C3CCCC3)[NH+]3CC[NH+](C)CC3)cc2c1. The molecule has 0 unspecified atom stereocenters. The van der Waals surface area contributed by atoms with E-state index in [0.29, 0.717) is 6.04 Å². The summed E-state index contributed by atoms with van der Waals surface area (Å²) in [5, 5.41) is 14.1. The number of rotatable bonds is 5. The molecule has 3 heterocycles. The fraction of sp³-hybridized carbons (Fsp3) is 0.565. The molecule has 1 aliphatic heterocycles. The van der Waals surface area contributed by atoms with Gasteiger partial charge in [-0.2, -0.15) is 0 Å². The summed E-state index contributed by atoms with van der Waals surface area (Å²) in [6.07, 6.45) is 5.63. The van der Waals surface area contributed by atoms with Crippen LogP contribution in [0.4, 0.5) is 0 Å². The number of hydrogen-bond donors (Lipinski definition) is 3. The number of likely N-dealkylation sites (N-methyl/N-ethyl adjacent to an activating group) is 1. The van der Waals surface area contributed by atoms with Crippen LogP contribution in [0.1, 0.15) is 61.6 Å². The van der Waals surface area contributed by atoms with Crippen LogP contribution in [0, 0.1) is 0 Å². The molecule has 0 bridgehead atoms. The van der Waals surface area contributed by atoms with E-state index in [2.05, 4.69) is 52.7 Å². The minimum absolute atomic E-state index is 0.0264. The molecule has 2 aliphatic rings. The van der Waals surface area contributed by atoms with E-state index >= 15 is 0 Å². The summed E-state index contributed by atoms with van der Waals surface area (Å²) in [6, 6.07) is 8.57. The Morgan fingerprint density at radius 1 is 1.16 bits per heavy atom. The molecule has 1 aromatic carbocycles. The third-order valence-electron chi connectivity index (χ3n) is 7.26. The maximum absolute atomic E-state index is 13.3. The Labute approximate surface area is 182 Å². The Hall–Kier alpha value is -2.58. The quantitative estimate of drug-likeness (QED) is 0.526. The van der Waals surface area contributed by atoms with Gasteiger partial charge in [0.05, 0.1) is 18.7 Å². The topological polar surface area (TPSA) is 85.3 Å². The fourth-order valence-corrected chi connectivity index (χ4v) is 5.33. The van der Waals surface area contributed by atoms with Crippen molar-refractivity contribution >= 4 is 10.9 Å². The van der Waals surface area contributed by atoms with Crippen molar-refractivity contribution in [1.29, 1.82) is 0 Å². The molecule has 0 radical (unpaired) electrons. The summed E-state index contributed by atoms with van der Waals surface area (Å²) < 4.78 is 2.03. The molecule has 3 N–H and O–H groups in total.